The molecule has 8 heteroatoms. The number of carbonyl (C=O) groups excluding carboxylic acids is 2. The van der Waals surface area contributed by atoms with Crippen molar-refractivity contribution in [1.29, 1.82) is 0 Å². The van der Waals surface area contributed by atoms with E-state index in [1.54, 1.807) is 48.5 Å². The molecule has 0 radical (unpaired) electrons. The van der Waals surface area contributed by atoms with Crippen LogP contribution in [0.2, 0.25) is 0 Å². The number of primary amides is 1. The predicted octanol–water partition coefficient (Wildman–Crippen LogP) is 2.05. The van der Waals surface area contributed by atoms with Crippen LogP contribution in [0.1, 0.15) is 10.4 Å². The van der Waals surface area contributed by atoms with Crippen LogP contribution in [0.25, 0.3) is 22.8 Å². The minimum Gasteiger partial charge on any atom is -0.484 e. The third kappa shape index (κ3) is 3.86. The zero-order valence-corrected chi connectivity index (χ0v) is 13.8. The number of nitrogens with zero attached hydrogens (tertiary/aromatic N) is 2. The Hall–Kier alpha value is -3.68. The van der Waals surface area contributed by atoms with Gasteiger partial charge in [0.05, 0.1) is 12.7 Å². The summed E-state index contributed by atoms with van der Waals surface area (Å²) in [6.07, 6.45) is 0. The second-order valence-corrected chi connectivity index (χ2v) is 5.27. The molecule has 0 aliphatic rings. The van der Waals surface area contributed by atoms with Crippen LogP contribution in [0.5, 0.6) is 5.75 Å². The molecule has 132 valence electrons. The van der Waals surface area contributed by atoms with Gasteiger partial charge in [-0.15, -0.1) is 0 Å². The van der Waals surface area contributed by atoms with E-state index in [1.807, 2.05) is 0 Å². The maximum atomic E-state index is 11.5. The Morgan fingerprint density at radius 2 is 1.69 bits per heavy atom. The molecule has 3 rings (SSSR count). The number of carbonyl (C=O) groups is 2. The summed E-state index contributed by atoms with van der Waals surface area (Å²) in [5.74, 6) is 0.273. The number of hydrogen-bond acceptors (Lipinski definition) is 7. The van der Waals surface area contributed by atoms with Crippen molar-refractivity contribution in [2.75, 3.05) is 13.7 Å². The van der Waals surface area contributed by atoms with Crippen LogP contribution in [-0.4, -0.2) is 35.7 Å². The third-order valence-electron chi connectivity index (χ3n) is 3.47. The molecular weight excluding hydrogens is 338 g/mol. The molecule has 2 aromatic carbocycles. The molecule has 8 nitrogen and oxygen atoms in total. The molecule has 0 saturated heterocycles. The maximum absolute atomic E-state index is 11.5. The SMILES string of the molecule is COC(=O)c1ccc(-c2nc(-c3ccc(OCC(N)=O)cc3)no2)cc1. The van der Waals surface area contributed by atoms with Gasteiger partial charge in [-0.3, -0.25) is 4.79 Å². The molecule has 2 N–H and O–H groups in total. The Labute approximate surface area is 148 Å². The number of rotatable bonds is 6. The summed E-state index contributed by atoms with van der Waals surface area (Å²) in [6, 6.07) is 13.5. The standard InChI is InChI=1S/C18H15N3O5/c1-24-18(23)13-4-2-12(3-5-13)17-20-16(21-26-17)11-6-8-14(9-7-11)25-10-15(19)22/h2-9H,10H2,1H3,(H2,19,22). The van der Waals surface area contributed by atoms with Crippen molar-refractivity contribution in [2.24, 2.45) is 5.73 Å². The molecule has 0 atom stereocenters. The highest BCUT2D eigenvalue weighted by atomic mass is 16.5. The molecule has 1 heterocycles. The van der Waals surface area contributed by atoms with E-state index in [9.17, 15) is 9.59 Å². The molecule has 0 saturated carbocycles. The largest absolute Gasteiger partial charge is 0.484 e. The van der Waals surface area contributed by atoms with Crippen molar-refractivity contribution in [3.05, 3.63) is 54.1 Å². The smallest absolute Gasteiger partial charge is 0.337 e. The van der Waals surface area contributed by atoms with E-state index in [2.05, 4.69) is 14.9 Å². The van der Waals surface area contributed by atoms with Gasteiger partial charge in [0.1, 0.15) is 5.75 Å². The lowest BCUT2D eigenvalue weighted by atomic mass is 10.1. The Bertz CT molecular complexity index is 917. The highest BCUT2D eigenvalue weighted by molar-refractivity contribution is 5.89. The van der Waals surface area contributed by atoms with Gasteiger partial charge in [0, 0.05) is 11.1 Å². The lowest BCUT2D eigenvalue weighted by Crippen LogP contribution is -2.19. The molecule has 1 aromatic heterocycles. The molecule has 0 aliphatic carbocycles. The first kappa shape index (κ1) is 17.2. The number of hydrogen-bond donors (Lipinski definition) is 1. The van der Waals surface area contributed by atoms with Crippen LogP contribution >= 0.6 is 0 Å². The van der Waals surface area contributed by atoms with Crippen molar-refractivity contribution >= 4 is 11.9 Å². The van der Waals surface area contributed by atoms with Crippen LogP contribution in [0.3, 0.4) is 0 Å². The lowest BCUT2D eigenvalue weighted by Gasteiger charge is -2.03. The summed E-state index contributed by atoms with van der Waals surface area (Å²) in [6.45, 7) is -0.187. The number of ether oxygens (including phenoxy) is 2. The average molecular weight is 353 g/mol. The Morgan fingerprint density at radius 3 is 2.31 bits per heavy atom. The molecule has 0 unspecified atom stereocenters. The van der Waals surface area contributed by atoms with Gasteiger partial charge in [0.2, 0.25) is 5.82 Å². The Balaban J connectivity index is 1.75. The van der Waals surface area contributed by atoms with E-state index in [0.717, 1.165) is 5.56 Å². The van der Waals surface area contributed by atoms with Crippen molar-refractivity contribution in [3.8, 4) is 28.6 Å². The number of amides is 1. The summed E-state index contributed by atoms with van der Waals surface area (Å²) in [4.78, 5) is 26.5. The number of nitrogens with two attached hydrogens (primary N) is 1. The van der Waals surface area contributed by atoms with Gasteiger partial charge < -0.3 is 19.7 Å². The number of methoxy groups -OCH3 is 1. The molecule has 0 fully saturated rings. The van der Waals surface area contributed by atoms with Crippen molar-refractivity contribution < 1.29 is 23.6 Å². The number of esters is 1. The van der Waals surface area contributed by atoms with E-state index >= 15 is 0 Å². The van der Waals surface area contributed by atoms with Crippen LogP contribution in [-0.2, 0) is 9.53 Å². The van der Waals surface area contributed by atoms with Gasteiger partial charge in [-0.2, -0.15) is 4.98 Å². The third-order valence-corrected chi connectivity index (χ3v) is 3.47. The number of benzene rings is 2. The topological polar surface area (TPSA) is 118 Å². The van der Waals surface area contributed by atoms with Crippen LogP contribution < -0.4 is 10.5 Å². The monoisotopic (exact) mass is 353 g/mol. The highest BCUT2D eigenvalue weighted by Crippen LogP contribution is 2.24. The van der Waals surface area contributed by atoms with Crippen LogP contribution in [0.15, 0.2) is 53.1 Å². The molecule has 0 bridgehead atoms. The van der Waals surface area contributed by atoms with Crippen LogP contribution in [0.4, 0.5) is 0 Å². The fraction of sp³-hybridized carbons (Fsp3) is 0.111. The fourth-order valence-corrected chi connectivity index (χ4v) is 2.18. The second-order valence-electron chi connectivity index (χ2n) is 5.27. The Morgan fingerprint density at radius 1 is 1.04 bits per heavy atom. The first-order valence-corrected chi connectivity index (χ1v) is 7.61. The second kappa shape index (κ2) is 7.47. The Kier molecular flexibility index (Phi) is 4.93. The normalized spacial score (nSPS) is 10.3. The van der Waals surface area contributed by atoms with Crippen LogP contribution in [0, 0.1) is 0 Å². The van der Waals surface area contributed by atoms with Gasteiger partial charge in [-0.25, -0.2) is 4.79 Å². The summed E-state index contributed by atoms with van der Waals surface area (Å²) in [7, 11) is 1.32. The quantitative estimate of drug-likeness (QED) is 0.674. The summed E-state index contributed by atoms with van der Waals surface area (Å²) in [5, 5.41) is 3.95. The van der Waals surface area contributed by atoms with E-state index in [4.69, 9.17) is 15.0 Å². The molecule has 3 aromatic rings. The summed E-state index contributed by atoms with van der Waals surface area (Å²) >= 11 is 0. The van der Waals surface area contributed by atoms with Gasteiger partial charge in [-0.1, -0.05) is 5.16 Å². The van der Waals surface area contributed by atoms with Gasteiger partial charge in [0.15, 0.2) is 6.61 Å². The summed E-state index contributed by atoms with van der Waals surface area (Å²) < 4.78 is 15.1. The number of aromatic nitrogens is 2. The maximum Gasteiger partial charge on any atom is 0.337 e. The van der Waals surface area contributed by atoms with E-state index in [0.29, 0.717) is 28.6 Å². The molecule has 0 aliphatic heterocycles. The molecule has 26 heavy (non-hydrogen) atoms. The van der Waals surface area contributed by atoms with Gasteiger partial charge in [0.25, 0.3) is 11.8 Å². The zero-order chi connectivity index (χ0) is 18.5. The summed E-state index contributed by atoms with van der Waals surface area (Å²) in [5.41, 5.74) is 6.86. The fourth-order valence-electron chi connectivity index (χ4n) is 2.18. The van der Waals surface area contributed by atoms with Crippen molar-refractivity contribution in [2.45, 2.75) is 0 Å². The molecule has 1 amide bonds. The van der Waals surface area contributed by atoms with Crippen molar-refractivity contribution in [3.63, 3.8) is 0 Å². The average Bonchev–Trinajstić information content (AvgIpc) is 3.16. The minimum absolute atomic E-state index is 0.187. The van der Waals surface area contributed by atoms with E-state index in [-0.39, 0.29) is 6.61 Å². The van der Waals surface area contributed by atoms with Gasteiger partial charge in [-0.05, 0) is 48.5 Å². The van der Waals surface area contributed by atoms with Gasteiger partial charge >= 0.3 is 5.97 Å². The van der Waals surface area contributed by atoms with E-state index < -0.39 is 11.9 Å². The first-order valence-electron chi connectivity index (χ1n) is 7.61. The lowest BCUT2D eigenvalue weighted by molar-refractivity contribution is -0.119. The predicted molar refractivity (Wildman–Crippen MR) is 91.2 cm³/mol. The first-order chi connectivity index (χ1) is 12.6. The van der Waals surface area contributed by atoms with E-state index in [1.165, 1.54) is 7.11 Å². The molecule has 0 spiro atoms. The minimum atomic E-state index is -0.546. The highest BCUT2D eigenvalue weighted by Gasteiger charge is 2.12. The van der Waals surface area contributed by atoms with Crippen molar-refractivity contribution in [1.82, 2.24) is 10.1 Å². The zero-order valence-electron chi connectivity index (χ0n) is 13.8. The molecular formula is C18H15N3O5.